The minimum absolute atomic E-state index is 0.331. The van der Waals surface area contributed by atoms with Crippen LogP contribution in [0.5, 0.6) is 0 Å². The minimum Gasteiger partial charge on any atom is -0.262 e. The number of aromatic nitrogens is 2. The quantitative estimate of drug-likeness (QED) is 0.465. The van der Waals surface area contributed by atoms with E-state index >= 15 is 0 Å². The average molecular weight is 354 g/mol. The van der Waals surface area contributed by atoms with Crippen molar-refractivity contribution in [1.82, 2.24) is 9.97 Å². The summed E-state index contributed by atoms with van der Waals surface area (Å²) >= 11 is 7.17. The van der Waals surface area contributed by atoms with Gasteiger partial charge in [-0.3, -0.25) is 15.0 Å². The summed E-state index contributed by atoms with van der Waals surface area (Å²) in [5.74, 6) is -3.08. The number of aryl methyl sites for hydroxylation is 1. The van der Waals surface area contributed by atoms with E-state index in [0.717, 1.165) is 24.2 Å². The molecule has 0 spiro atoms. The van der Waals surface area contributed by atoms with E-state index in [9.17, 15) is 8.78 Å². The number of alkyl halides is 2. The molecule has 1 heterocycles. The summed E-state index contributed by atoms with van der Waals surface area (Å²) in [4.78, 5) is 13.3. The normalized spacial score (nSPS) is 12.5. The lowest BCUT2D eigenvalue weighted by atomic mass is 9.98. The predicted molar refractivity (Wildman–Crippen MR) is 94.3 cm³/mol. The number of hydrogen-bond acceptors (Lipinski definition) is 4. The van der Waals surface area contributed by atoms with Crippen LogP contribution in [0, 0.1) is 6.92 Å². The van der Waals surface area contributed by atoms with Crippen molar-refractivity contribution in [3.8, 4) is 0 Å². The topological polar surface area (TPSA) is 38.1 Å². The Hall–Kier alpha value is -1.47. The number of hydrogen-bond donors (Lipinski definition) is 0. The van der Waals surface area contributed by atoms with Crippen molar-refractivity contribution in [3.05, 3.63) is 47.0 Å². The van der Waals surface area contributed by atoms with E-state index in [0.29, 0.717) is 26.9 Å². The van der Waals surface area contributed by atoms with Crippen molar-refractivity contribution in [3.63, 3.8) is 0 Å². The maximum atomic E-state index is 13.0. The van der Waals surface area contributed by atoms with Crippen molar-refractivity contribution in [2.45, 2.75) is 24.7 Å². The molecule has 0 bridgehead atoms. The number of rotatable bonds is 5. The van der Waals surface area contributed by atoms with Crippen molar-refractivity contribution in [2.75, 3.05) is 5.75 Å². The summed E-state index contributed by atoms with van der Waals surface area (Å²) in [7, 11) is 1.82. The molecule has 1 aromatic heterocycles. The summed E-state index contributed by atoms with van der Waals surface area (Å²) < 4.78 is 26.1. The SMILES string of the molecule is B/C(=N\c1cc(SCC(C)(F)F)c(Cl)cc1C)c1cnccn1. The maximum Gasteiger partial charge on any atom is 0.254 e. The Morgan fingerprint density at radius 1 is 1.39 bits per heavy atom. The standard InChI is InChI=1S/C15H15BClF2N3S/c1-9-5-10(17)13(23-8-15(2,18)19)6-11(9)22-14(16)12-7-20-3-4-21-12/h3-7H,8,16H2,1-2H3/b22-14-. The van der Waals surface area contributed by atoms with Gasteiger partial charge in [-0.05, 0) is 24.6 Å². The van der Waals surface area contributed by atoms with Crippen LogP contribution >= 0.6 is 23.4 Å². The van der Waals surface area contributed by atoms with Gasteiger partial charge in [0.15, 0.2) is 7.85 Å². The molecule has 1 aromatic carbocycles. The molecular weight excluding hydrogens is 339 g/mol. The van der Waals surface area contributed by atoms with Gasteiger partial charge in [-0.15, -0.1) is 11.8 Å². The second-order valence-electron chi connectivity index (χ2n) is 5.22. The molecule has 0 aliphatic rings. The minimum atomic E-state index is -2.75. The first kappa shape index (κ1) is 17.9. The molecule has 0 fully saturated rings. The zero-order valence-electron chi connectivity index (χ0n) is 13.0. The Labute approximate surface area is 144 Å². The smallest absolute Gasteiger partial charge is 0.254 e. The van der Waals surface area contributed by atoms with Gasteiger partial charge in [0.25, 0.3) is 5.92 Å². The van der Waals surface area contributed by atoms with Crippen LogP contribution in [0.3, 0.4) is 0 Å². The lowest BCUT2D eigenvalue weighted by Crippen LogP contribution is -2.12. The number of nitrogens with zero attached hydrogens (tertiary/aromatic N) is 3. The zero-order valence-corrected chi connectivity index (χ0v) is 14.6. The molecule has 0 amide bonds. The van der Waals surface area contributed by atoms with Crippen LogP contribution in [0.4, 0.5) is 14.5 Å². The third kappa shape index (κ3) is 5.29. The van der Waals surface area contributed by atoms with Crippen LogP contribution in [-0.4, -0.2) is 35.1 Å². The maximum absolute atomic E-state index is 13.0. The van der Waals surface area contributed by atoms with E-state index in [1.54, 1.807) is 30.7 Å². The van der Waals surface area contributed by atoms with Gasteiger partial charge in [0.05, 0.1) is 28.4 Å². The highest BCUT2D eigenvalue weighted by Gasteiger charge is 2.22. The zero-order chi connectivity index (χ0) is 17.0. The molecule has 0 saturated carbocycles. The lowest BCUT2D eigenvalue weighted by Gasteiger charge is -2.12. The van der Waals surface area contributed by atoms with Gasteiger partial charge in [-0.2, -0.15) is 0 Å². The predicted octanol–water partition coefficient (Wildman–Crippen LogP) is 3.90. The first-order valence-corrected chi connectivity index (χ1v) is 8.25. The van der Waals surface area contributed by atoms with Crippen LogP contribution in [0.1, 0.15) is 18.2 Å². The summed E-state index contributed by atoms with van der Waals surface area (Å²) in [5.41, 5.74) is 2.90. The molecular formula is C15H15BClF2N3S. The van der Waals surface area contributed by atoms with E-state index in [1.165, 1.54) is 0 Å². The fraction of sp³-hybridized carbons (Fsp3) is 0.267. The van der Waals surface area contributed by atoms with Gasteiger partial charge in [-0.25, -0.2) is 8.78 Å². The number of thioether (sulfide) groups is 1. The fourth-order valence-corrected chi connectivity index (χ4v) is 2.98. The third-order valence-corrected chi connectivity index (χ3v) is 4.68. The molecule has 2 rings (SSSR count). The first-order chi connectivity index (χ1) is 10.8. The summed E-state index contributed by atoms with van der Waals surface area (Å²) in [6.45, 7) is 2.76. The molecule has 3 nitrogen and oxygen atoms in total. The average Bonchev–Trinajstić information content (AvgIpc) is 2.48. The Kier molecular flexibility index (Phi) is 5.76. The number of aliphatic imine (C=N–C) groups is 1. The molecule has 23 heavy (non-hydrogen) atoms. The Bertz CT molecular complexity index is 721. The lowest BCUT2D eigenvalue weighted by molar-refractivity contribution is 0.0492. The van der Waals surface area contributed by atoms with Crippen LogP contribution in [-0.2, 0) is 0 Å². The molecule has 0 aliphatic carbocycles. The van der Waals surface area contributed by atoms with Crippen LogP contribution in [0.2, 0.25) is 5.02 Å². The van der Waals surface area contributed by atoms with Crippen molar-refractivity contribution < 1.29 is 8.78 Å². The molecule has 0 N–H and O–H groups in total. The van der Waals surface area contributed by atoms with Gasteiger partial charge in [-0.1, -0.05) is 11.6 Å². The fourth-order valence-electron chi connectivity index (χ4n) is 1.80. The first-order valence-electron chi connectivity index (χ1n) is 6.89. The molecule has 2 aromatic rings. The number of halogens is 3. The molecule has 0 atom stereocenters. The van der Waals surface area contributed by atoms with Gasteiger partial charge < -0.3 is 0 Å². The number of benzene rings is 1. The molecule has 0 saturated heterocycles. The van der Waals surface area contributed by atoms with Gasteiger partial charge >= 0.3 is 0 Å². The van der Waals surface area contributed by atoms with Gasteiger partial charge in [0.2, 0.25) is 0 Å². The second-order valence-corrected chi connectivity index (χ2v) is 6.64. The van der Waals surface area contributed by atoms with Crippen molar-refractivity contribution in [1.29, 1.82) is 0 Å². The third-order valence-electron chi connectivity index (χ3n) is 2.95. The molecule has 120 valence electrons. The van der Waals surface area contributed by atoms with Crippen molar-refractivity contribution >= 4 is 42.5 Å². The summed E-state index contributed by atoms with van der Waals surface area (Å²) in [6, 6.07) is 3.47. The molecule has 0 radical (unpaired) electrons. The Morgan fingerprint density at radius 3 is 2.74 bits per heavy atom. The highest BCUT2D eigenvalue weighted by Crippen LogP contribution is 2.36. The van der Waals surface area contributed by atoms with Crippen LogP contribution < -0.4 is 0 Å². The van der Waals surface area contributed by atoms with E-state index in [4.69, 9.17) is 11.6 Å². The summed E-state index contributed by atoms with van der Waals surface area (Å²) in [6.07, 6.45) is 4.80. The summed E-state index contributed by atoms with van der Waals surface area (Å²) in [5, 5.41) is 0.452. The van der Waals surface area contributed by atoms with Crippen LogP contribution in [0.15, 0.2) is 40.6 Å². The highest BCUT2D eigenvalue weighted by atomic mass is 35.5. The highest BCUT2D eigenvalue weighted by molar-refractivity contribution is 7.99. The van der Waals surface area contributed by atoms with Gasteiger partial charge in [0.1, 0.15) is 0 Å². The second kappa shape index (κ2) is 7.40. The van der Waals surface area contributed by atoms with E-state index in [2.05, 4.69) is 15.0 Å². The van der Waals surface area contributed by atoms with E-state index < -0.39 is 5.92 Å². The van der Waals surface area contributed by atoms with E-state index in [-0.39, 0.29) is 5.75 Å². The molecule has 0 aliphatic heterocycles. The Morgan fingerprint density at radius 2 is 2.13 bits per heavy atom. The Balaban J connectivity index is 2.32. The van der Waals surface area contributed by atoms with Crippen molar-refractivity contribution in [2.24, 2.45) is 4.99 Å². The molecule has 0 unspecified atom stereocenters. The van der Waals surface area contributed by atoms with E-state index in [1.807, 2.05) is 14.8 Å². The molecule has 8 heteroatoms. The monoisotopic (exact) mass is 353 g/mol. The van der Waals surface area contributed by atoms with Crippen LogP contribution in [0.25, 0.3) is 0 Å². The largest absolute Gasteiger partial charge is 0.262 e. The van der Waals surface area contributed by atoms with Gasteiger partial charge in [0, 0.05) is 29.8 Å².